The number of rotatable bonds is 1. The van der Waals surface area contributed by atoms with Crippen LogP contribution in [0.3, 0.4) is 0 Å². The predicted molar refractivity (Wildman–Crippen MR) is 58.6 cm³/mol. The molecule has 0 aliphatic carbocycles. The third-order valence-corrected chi connectivity index (χ3v) is 2.81. The van der Waals surface area contributed by atoms with Gasteiger partial charge in [-0.15, -0.1) is 11.8 Å². The zero-order chi connectivity index (χ0) is 10.1. The quantitative estimate of drug-likeness (QED) is 0.695. The molecular weight excluding hydrogens is 180 g/mol. The van der Waals surface area contributed by atoms with Crippen LogP contribution in [0.1, 0.15) is 26.3 Å². The molecule has 2 heteroatoms. The van der Waals surface area contributed by atoms with Crippen LogP contribution in [-0.4, -0.2) is 11.4 Å². The summed E-state index contributed by atoms with van der Waals surface area (Å²) in [4.78, 5) is 0.951. The summed E-state index contributed by atoms with van der Waals surface area (Å²) >= 11 is 1.58. The van der Waals surface area contributed by atoms with Gasteiger partial charge in [0.2, 0.25) is 0 Å². The van der Waals surface area contributed by atoms with Crippen molar-refractivity contribution in [2.24, 2.45) is 0 Å². The van der Waals surface area contributed by atoms with Crippen LogP contribution >= 0.6 is 11.8 Å². The first-order valence-electron chi connectivity index (χ1n) is 4.32. The highest BCUT2D eigenvalue weighted by atomic mass is 32.2. The Labute approximate surface area is 84.2 Å². The maximum Gasteiger partial charge on any atom is 0.129 e. The van der Waals surface area contributed by atoms with E-state index in [0.29, 0.717) is 5.75 Å². The number of hydrogen-bond acceptors (Lipinski definition) is 2. The standard InChI is InChI=1S/C11H16OS/c1-11(2,3)8-5-6-9(12)10(7-8)13-4/h5-7,12H,1-4H3. The molecule has 0 spiro atoms. The van der Waals surface area contributed by atoms with Crippen LogP contribution in [0.2, 0.25) is 0 Å². The lowest BCUT2D eigenvalue weighted by atomic mass is 9.87. The number of thioether (sulfide) groups is 1. The average molecular weight is 196 g/mol. The fourth-order valence-electron chi connectivity index (χ4n) is 1.14. The molecule has 0 unspecified atom stereocenters. The summed E-state index contributed by atoms with van der Waals surface area (Å²) in [7, 11) is 0. The Kier molecular flexibility index (Phi) is 2.91. The lowest BCUT2D eigenvalue weighted by molar-refractivity contribution is 0.460. The summed E-state index contributed by atoms with van der Waals surface area (Å²) in [6.45, 7) is 6.51. The molecule has 0 aliphatic rings. The van der Waals surface area contributed by atoms with Crippen molar-refractivity contribution in [2.45, 2.75) is 31.1 Å². The second-order valence-electron chi connectivity index (χ2n) is 4.14. The van der Waals surface area contributed by atoms with Gasteiger partial charge in [0.15, 0.2) is 0 Å². The first-order valence-corrected chi connectivity index (χ1v) is 5.55. The SMILES string of the molecule is CSc1cc(C(C)(C)C)ccc1O. The molecule has 0 saturated carbocycles. The van der Waals surface area contributed by atoms with Crippen LogP contribution in [0.15, 0.2) is 23.1 Å². The Hall–Kier alpha value is -0.630. The van der Waals surface area contributed by atoms with Gasteiger partial charge in [-0.2, -0.15) is 0 Å². The van der Waals surface area contributed by atoms with E-state index >= 15 is 0 Å². The number of benzene rings is 1. The second-order valence-corrected chi connectivity index (χ2v) is 4.98. The summed E-state index contributed by atoms with van der Waals surface area (Å²) in [5, 5.41) is 9.48. The van der Waals surface area contributed by atoms with Gasteiger partial charge in [-0.05, 0) is 29.4 Å². The molecule has 0 heterocycles. The molecule has 0 aromatic heterocycles. The van der Waals surface area contributed by atoms with Gasteiger partial charge in [0.05, 0.1) is 0 Å². The van der Waals surface area contributed by atoms with Gasteiger partial charge in [-0.25, -0.2) is 0 Å². The summed E-state index contributed by atoms with van der Waals surface area (Å²) in [6.07, 6.45) is 1.97. The summed E-state index contributed by atoms with van der Waals surface area (Å²) in [5.41, 5.74) is 1.41. The van der Waals surface area contributed by atoms with E-state index < -0.39 is 0 Å². The van der Waals surface area contributed by atoms with Crippen LogP contribution in [0, 0.1) is 0 Å². The lowest BCUT2D eigenvalue weighted by Crippen LogP contribution is -2.10. The fourth-order valence-corrected chi connectivity index (χ4v) is 1.67. The van der Waals surface area contributed by atoms with E-state index in [2.05, 4.69) is 26.8 Å². The van der Waals surface area contributed by atoms with Crippen LogP contribution in [-0.2, 0) is 5.41 Å². The first kappa shape index (κ1) is 10.5. The fraction of sp³-hybridized carbons (Fsp3) is 0.455. The van der Waals surface area contributed by atoms with Crippen LogP contribution in [0.25, 0.3) is 0 Å². The smallest absolute Gasteiger partial charge is 0.129 e. The van der Waals surface area contributed by atoms with Crippen molar-refractivity contribution in [3.05, 3.63) is 23.8 Å². The Morgan fingerprint density at radius 1 is 1.23 bits per heavy atom. The maximum absolute atomic E-state index is 9.48. The number of phenolic OH excluding ortho intramolecular Hbond substituents is 1. The van der Waals surface area contributed by atoms with Crippen molar-refractivity contribution in [2.75, 3.05) is 6.26 Å². The van der Waals surface area contributed by atoms with Gasteiger partial charge in [-0.3, -0.25) is 0 Å². The van der Waals surface area contributed by atoms with Crippen molar-refractivity contribution < 1.29 is 5.11 Å². The molecule has 13 heavy (non-hydrogen) atoms. The maximum atomic E-state index is 9.48. The Morgan fingerprint density at radius 3 is 2.31 bits per heavy atom. The van der Waals surface area contributed by atoms with Crippen molar-refractivity contribution in [3.8, 4) is 5.75 Å². The minimum atomic E-state index is 0.151. The highest BCUT2D eigenvalue weighted by Crippen LogP contribution is 2.32. The third-order valence-electron chi connectivity index (χ3n) is 2.05. The van der Waals surface area contributed by atoms with Gasteiger partial charge in [0.25, 0.3) is 0 Å². The zero-order valence-corrected chi connectivity index (χ0v) is 9.40. The molecule has 1 aromatic carbocycles. The van der Waals surface area contributed by atoms with Gasteiger partial charge in [-0.1, -0.05) is 26.8 Å². The molecule has 0 saturated heterocycles. The molecule has 0 atom stereocenters. The molecule has 72 valence electrons. The van der Waals surface area contributed by atoms with Crippen molar-refractivity contribution >= 4 is 11.8 Å². The highest BCUT2D eigenvalue weighted by Gasteiger charge is 2.14. The average Bonchev–Trinajstić information content (AvgIpc) is 2.03. The molecule has 1 aromatic rings. The Bertz CT molecular complexity index is 299. The summed E-state index contributed by atoms with van der Waals surface area (Å²) in [5.74, 6) is 0.375. The highest BCUT2D eigenvalue weighted by molar-refractivity contribution is 7.98. The van der Waals surface area contributed by atoms with Crippen molar-refractivity contribution in [1.82, 2.24) is 0 Å². The van der Waals surface area contributed by atoms with E-state index in [0.717, 1.165) is 4.90 Å². The number of hydrogen-bond donors (Lipinski definition) is 1. The van der Waals surface area contributed by atoms with Crippen molar-refractivity contribution in [1.29, 1.82) is 0 Å². The van der Waals surface area contributed by atoms with Crippen molar-refractivity contribution in [3.63, 3.8) is 0 Å². The van der Waals surface area contributed by atoms with Crippen LogP contribution in [0.4, 0.5) is 0 Å². The second kappa shape index (κ2) is 3.62. The van der Waals surface area contributed by atoms with Crippen LogP contribution in [0.5, 0.6) is 5.75 Å². The van der Waals surface area contributed by atoms with Gasteiger partial charge >= 0.3 is 0 Å². The van der Waals surface area contributed by atoms with E-state index in [1.165, 1.54) is 5.56 Å². The summed E-state index contributed by atoms with van der Waals surface area (Å²) in [6, 6.07) is 5.81. The minimum Gasteiger partial charge on any atom is -0.507 e. The van der Waals surface area contributed by atoms with Crippen LogP contribution < -0.4 is 0 Å². The van der Waals surface area contributed by atoms with E-state index in [1.54, 1.807) is 17.8 Å². The molecule has 0 radical (unpaired) electrons. The lowest BCUT2D eigenvalue weighted by Gasteiger charge is -2.19. The van der Waals surface area contributed by atoms with E-state index in [9.17, 15) is 5.11 Å². The van der Waals surface area contributed by atoms with E-state index in [1.807, 2.05) is 12.3 Å². The Morgan fingerprint density at radius 2 is 1.85 bits per heavy atom. The first-order chi connectivity index (χ1) is 5.95. The minimum absolute atomic E-state index is 0.151. The molecule has 0 amide bonds. The predicted octanol–water partition coefficient (Wildman–Crippen LogP) is 3.41. The molecule has 0 aliphatic heterocycles. The van der Waals surface area contributed by atoms with Gasteiger partial charge < -0.3 is 5.11 Å². The van der Waals surface area contributed by atoms with Gasteiger partial charge in [0.1, 0.15) is 5.75 Å². The molecule has 0 fully saturated rings. The normalized spacial score (nSPS) is 11.7. The Balaban J connectivity index is 3.14. The van der Waals surface area contributed by atoms with E-state index in [-0.39, 0.29) is 5.41 Å². The largest absolute Gasteiger partial charge is 0.507 e. The van der Waals surface area contributed by atoms with E-state index in [4.69, 9.17) is 0 Å². The topological polar surface area (TPSA) is 20.2 Å². The zero-order valence-electron chi connectivity index (χ0n) is 8.59. The van der Waals surface area contributed by atoms with Gasteiger partial charge in [0, 0.05) is 4.90 Å². The summed E-state index contributed by atoms with van der Waals surface area (Å²) < 4.78 is 0. The monoisotopic (exact) mass is 196 g/mol. The molecule has 1 N–H and O–H groups in total. The third kappa shape index (κ3) is 2.41. The molecule has 1 rings (SSSR count). The molecule has 0 bridgehead atoms. The molecule has 1 nitrogen and oxygen atoms in total. The number of aromatic hydroxyl groups is 1. The number of phenols is 1. The molecular formula is C11H16OS.